The molecule has 0 aliphatic heterocycles. The summed E-state index contributed by atoms with van der Waals surface area (Å²) in [6.45, 7) is 2.97. The fourth-order valence-electron chi connectivity index (χ4n) is 2.19. The van der Waals surface area contributed by atoms with Crippen LogP contribution in [0.15, 0.2) is 42.5 Å². The molecule has 3 nitrogen and oxygen atoms in total. The third-order valence-electron chi connectivity index (χ3n) is 3.03. The van der Waals surface area contributed by atoms with Gasteiger partial charge in [0.15, 0.2) is 3.95 Å². The van der Waals surface area contributed by atoms with Crippen molar-refractivity contribution in [3.8, 4) is 0 Å². The predicted molar refractivity (Wildman–Crippen MR) is 83.9 cm³/mol. The largest absolute Gasteiger partial charge is 0.316 e. The monoisotopic (exact) mass is 287 g/mol. The van der Waals surface area contributed by atoms with Crippen molar-refractivity contribution in [1.29, 1.82) is 0 Å². The third kappa shape index (κ3) is 2.27. The number of anilines is 2. The van der Waals surface area contributed by atoms with E-state index in [2.05, 4.69) is 64.5 Å². The van der Waals surface area contributed by atoms with Crippen molar-refractivity contribution < 1.29 is 0 Å². The molecule has 2 aromatic carbocycles. The van der Waals surface area contributed by atoms with Crippen LogP contribution < -0.4 is 4.90 Å². The Labute approximate surface area is 120 Å². The summed E-state index contributed by atoms with van der Waals surface area (Å²) in [5.74, 6) is 0. The molecule has 5 heteroatoms. The van der Waals surface area contributed by atoms with Gasteiger partial charge in [0.2, 0.25) is 5.13 Å². The zero-order valence-corrected chi connectivity index (χ0v) is 12.1. The Kier molecular flexibility index (Phi) is 3.31. The van der Waals surface area contributed by atoms with Crippen molar-refractivity contribution in [2.75, 3.05) is 11.4 Å². The van der Waals surface area contributed by atoms with Gasteiger partial charge in [0.05, 0.1) is 5.69 Å². The molecule has 0 unspecified atom stereocenters. The molecule has 0 aliphatic rings. The number of hydrogen-bond donors (Lipinski definition) is 1. The molecule has 0 amide bonds. The Morgan fingerprint density at radius 3 is 2.74 bits per heavy atom. The second kappa shape index (κ2) is 5.11. The lowest BCUT2D eigenvalue weighted by molar-refractivity contribution is 0.972. The Bertz CT molecular complexity index is 755. The summed E-state index contributed by atoms with van der Waals surface area (Å²) in [6.07, 6.45) is 0. The Balaban J connectivity index is 2.19. The van der Waals surface area contributed by atoms with Gasteiger partial charge in [-0.1, -0.05) is 47.7 Å². The van der Waals surface area contributed by atoms with E-state index in [0.717, 1.165) is 11.7 Å². The second-order valence-corrected chi connectivity index (χ2v) is 5.78. The second-order valence-electron chi connectivity index (χ2n) is 4.14. The predicted octanol–water partition coefficient (Wildman–Crippen LogP) is 4.51. The van der Waals surface area contributed by atoms with Crippen molar-refractivity contribution in [2.24, 2.45) is 0 Å². The lowest BCUT2D eigenvalue weighted by Crippen LogP contribution is -2.16. The first-order valence-electron chi connectivity index (χ1n) is 6.10. The molecular formula is C14H13N3S2. The molecule has 3 rings (SSSR count). The van der Waals surface area contributed by atoms with Gasteiger partial charge in [0.25, 0.3) is 0 Å². The van der Waals surface area contributed by atoms with Crippen molar-refractivity contribution in [1.82, 2.24) is 10.2 Å². The Morgan fingerprint density at radius 2 is 2.00 bits per heavy atom. The number of nitrogens with zero attached hydrogens (tertiary/aromatic N) is 2. The summed E-state index contributed by atoms with van der Waals surface area (Å²) < 4.78 is 0.702. The van der Waals surface area contributed by atoms with Gasteiger partial charge in [-0.2, -0.15) is 0 Å². The minimum atomic E-state index is 0.702. The van der Waals surface area contributed by atoms with Gasteiger partial charge >= 0.3 is 0 Å². The van der Waals surface area contributed by atoms with Crippen LogP contribution in [0.1, 0.15) is 6.92 Å². The fourth-order valence-corrected chi connectivity index (χ4v) is 3.15. The molecule has 1 aromatic heterocycles. The molecule has 0 aliphatic carbocycles. The van der Waals surface area contributed by atoms with E-state index in [9.17, 15) is 0 Å². The van der Waals surface area contributed by atoms with Crippen LogP contribution in [0.2, 0.25) is 0 Å². The van der Waals surface area contributed by atoms with E-state index in [1.165, 1.54) is 27.8 Å². The van der Waals surface area contributed by atoms with E-state index >= 15 is 0 Å². The lowest BCUT2D eigenvalue weighted by atomic mass is 10.1. The van der Waals surface area contributed by atoms with Crippen LogP contribution in [-0.4, -0.2) is 16.7 Å². The summed E-state index contributed by atoms with van der Waals surface area (Å²) in [5.41, 5.74) is 1.17. The van der Waals surface area contributed by atoms with Crippen LogP contribution in [-0.2, 0) is 0 Å². The lowest BCUT2D eigenvalue weighted by Gasteiger charge is -2.21. The zero-order chi connectivity index (χ0) is 13.2. The molecular weight excluding hydrogens is 274 g/mol. The topological polar surface area (TPSA) is 31.9 Å². The van der Waals surface area contributed by atoms with Crippen LogP contribution >= 0.6 is 23.6 Å². The molecule has 0 spiro atoms. The summed E-state index contributed by atoms with van der Waals surface area (Å²) in [5, 5.41) is 10.5. The van der Waals surface area contributed by atoms with Crippen LogP contribution in [0.4, 0.5) is 10.8 Å². The number of nitrogens with one attached hydrogen (secondary N) is 1. The van der Waals surface area contributed by atoms with Gasteiger partial charge < -0.3 is 4.90 Å². The Morgan fingerprint density at radius 1 is 1.21 bits per heavy atom. The average molecular weight is 287 g/mol. The van der Waals surface area contributed by atoms with Gasteiger partial charge in [-0.15, -0.1) is 5.10 Å². The van der Waals surface area contributed by atoms with Gasteiger partial charge in [0.1, 0.15) is 0 Å². The van der Waals surface area contributed by atoms with Crippen molar-refractivity contribution in [2.45, 2.75) is 6.92 Å². The molecule has 0 radical (unpaired) electrons. The number of aromatic nitrogens is 2. The van der Waals surface area contributed by atoms with E-state index < -0.39 is 0 Å². The first-order chi connectivity index (χ1) is 9.29. The maximum Gasteiger partial charge on any atom is 0.211 e. The highest BCUT2D eigenvalue weighted by Crippen LogP contribution is 2.32. The molecule has 0 saturated heterocycles. The standard InChI is InChI=1S/C14H13N3S2/c1-2-17(13-15-16-14(18)19-13)12-9-5-7-10-6-3-4-8-11(10)12/h3-9H,2H2,1H3,(H,16,18). The molecule has 0 atom stereocenters. The first-order valence-corrected chi connectivity index (χ1v) is 7.33. The highest BCUT2D eigenvalue weighted by molar-refractivity contribution is 7.73. The molecule has 0 saturated carbocycles. The number of hydrogen-bond acceptors (Lipinski definition) is 4. The number of rotatable bonds is 3. The van der Waals surface area contributed by atoms with E-state index in [-0.39, 0.29) is 0 Å². The molecule has 19 heavy (non-hydrogen) atoms. The SMILES string of the molecule is CCN(c1n[nH]c(=S)s1)c1cccc2ccccc12. The van der Waals surface area contributed by atoms with Gasteiger partial charge in [-0.25, -0.2) is 0 Å². The zero-order valence-electron chi connectivity index (χ0n) is 10.5. The summed E-state index contributed by atoms with van der Waals surface area (Å²) in [7, 11) is 0. The van der Waals surface area contributed by atoms with Crippen LogP contribution in [0, 0.1) is 3.95 Å². The van der Waals surface area contributed by atoms with Crippen molar-refractivity contribution in [3.63, 3.8) is 0 Å². The van der Waals surface area contributed by atoms with E-state index in [4.69, 9.17) is 12.2 Å². The summed E-state index contributed by atoms with van der Waals surface area (Å²) >= 11 is 6.62. The van der Waals surface area contributed by atoms with Gasteiger partial charge in [-0.05, 0) is 30.6 Å². The fraction of sp³-hybridized carbons (Fsp3) is 0.143. The number of fused-ring (bicyclic) bond motifs is 1. The molecule has 1 N–H and O–H groups in total. The quantitative estimate of drug-likeness (QED) is 0.719. The minimum Gasteiger partial charge on any atom is -0.316 e. The average Bonchev–Trinajstić information content (AvgIpc) is 2.86. The summed E-state index contributed by atoms with van der Waals surface area (Å²) in [4.78, 5) is 2.18. The van der Waals surface area contributed by atoms with Crippen molar-refractivity contribution in [3.05, 3.63) is 46.4 Å². The third-order valence-corrected chi connectivity index (χ3v) is 4.14. The highest BCUT2D eigenvalue weighted by Gasteiger charge is 2.13. The highest BCUT2D eigenvalue weighted by atomic mass is 32.1. The molecule has 0 fully saturated rings. The summed E-state index contributed by atoms with van der Waals surface area (Å²) in [6, 6.07) is 14.7. The number of aromatic amines is 1. The Hall–Kier alpha value is -1.72. The molecule has 0 bridgehead atoms. The van der Waals surface area contributed by atoms with Gasteiger partial charge in [0, 0.05) is 11.9 Å². The maximum absolute atomic E-state index is 5.12. The van der Waals surface area contributed by atoms with Gasteiger partial charge in [-0.3, -0.25) is 5.10 Å². The first kappa shape index (κ1) is 12.3. The van der Waals surface area contributed by atoms with Crippen LogP contribution in [0.5, 0.6) is 0 Å². The molecule has 96 valence electrons. The normalized spacial score (nSPS) is 10.8. The van der Waals surface area contributed by atoms with Crippen LogP contribution in [0.3, 0.4) is 0 Å². The van der Waals surface area contributed by atoms with E-state index in [1.54, 1.807) is 0 Å². The van der Waals surface area contributed by atoms with E-state index in [1.807, 2.05) is 0 Å². The number of benzene rings is 2. The molecule has 1 heterocycles. The van der Waals surface area contributed by atoms with Crippen molar-refractivity contribution >= 4 is 45.1 Å². The molecule has 3 aromatic rings. The smallest absolute Gasteiger partial charge is 0.211 e. The van der Waals surface area contributed by atoms with E-state index in [0.29, 0.717) is 3.95 Å². The minimum absolute atomic E-state index is 0.702. The number of H-pyrrole nitrogens is 1. The maximum atomic E-state index is 5.12. The van der Waals surface area contributed by atoms with Crippen LogP contribution in [0.25, 0.3) is 10.8 Å².